The number of hydrogen-bond donors (Lipinski definition) is 2. The largest absolute Gasteiger partial charge is 0.324 e. The van der Waals surface area contributed by atoms with Crippen LogP contribution in [0.5, 0.6) is 0 Å². The fourth-order valence-corrected chi connectivity index (χ4v) is 2.30. The van der Waals surface area contributed by atoms with Crippen LogP contribution < -0.4 is 11.2 Å². The molecule has 0 aliphatic heterocycles. The van der Waals surface area contributed by atoms with Crippen LogP contribution in [-0.2, 0) is 0 Å². The predicted molar refractivity (Wildman–Crippen MR) is 97.5 cm³/mol. The molecule has 0 amide bonds. The third kappa shape index (κ3) is 3.64. The van der Waals surface area contributed by atoms with Gasteiger partial charge in [0.25, 0.3) is 0 Å². The highest BCUT2D eigenvalue weighted by atomic mass is 15.1. The van der Waals surface area contributed by atoms with Crippen molar-refractivity contribution in [2.75, 3.05) is 5.32 Å². The minimum atomic E-state index is 0.377. The molecule has 1 heterocycles. The molecule has 2 aromatic carbocycles. The molecular formula is C19H13N7. The van der Waals surface area contributed by atoms with Crippen molar-refractivity contribution in [2.24, 2.45) is 10.9 Å². The third-order valence-corrected chi connectivity index (χ3v) is 3.58. The highest BCUT2D eigenvalue weighted by Gasteiger charge is 2.10. The first-order valence-electron chi connectivity index (χ1n) is 7.62. The number of anilines is 2. The second kappa shape index (κ2) is 7.56. The Morgan fingerprint density at radius 3 is 2.12 bits per heavy atom. The second-order valence-corrected chi connectivity index (χ2v) is 5.25. The van der Waals surface area contributed by atoms with E-state index in [1.807, 2.05) is 0 Å². The molecule has 7 heteroatoms. The fraction of sp³-hybridized carbons (Fsp3) is 0. The van der Waals surface area contributed by atoms with Gasteiger partial charge < -0.3 is 11.2 Å². The maximum Gasteiger partial charge on any atom is 0.227 e. The van der Waals surface area contributed by atoms with Gasteiger partial charge in [0.2, 0.25) is 5.95 Å². The van der Waals surface area contributed by atoms with Crippen molar-refractivity contribution in [2.45, 2.75) is 0 Å². The van der Waals surface area contributed by atoms with E-state index < -0.39 is 0 Å². The van der Waals surface area contributed by atoms with Gasteiger partial charge in [0, 0.05) is 17.4 Å². The summed E-state index contributed by atoms with van der Waals surface area (Å²) in [6.07, 6.45) is 1.60. The van der Waals surface area contributed by atoms with Crippen LogP contribution in [0.4, 0.5) is 11.6 Å². The Hall–Kier alpha value is -4.23. The van der Waals surface area contributed by atoms with Crippen LogP contribution in [0.1, 0.15) is 22.4 Å². The zero-order valence-corrected chi connectivity index (χ0v) is 13.6. The van der Waals surface area contributed by atoms with Gasteiger partial charge in [-0.25, -0.2) is 9.97 Å². The number of rotatable bonds is 4. The summed E-state index contributed by atoms with van der Waals surface area (Å²) in [5.74, 6) is 5.93. The lowest BCUT2D eigenvalue weighted by atomic mass is 10.1. The molecule has 0 radical (unpaired) electrons. The minimum Gasteiger partial charge on any atom is -0.324 e. The van der Waals surface area contributed by atoms with E-state index in [0.717, 1.165) is 11.3 Å². The van der Waals surface area contributed by atoms with E-state index in [-0.39, 0.29) is 0 Å². The Balaban J connectivity index is 1.87. The van der Waals surface area contributed by atoms with Gasteiger partial charge in [-0.1, -0.05) is 12.1 Å². The lowest BCUT2D eigenvalue weighted by Gasteiger charge is -2.08. The number of nitrogens with zero attached hydrogens (tertiary/aromatic N) is 5. The van der Waals surface area contributed by atoms with E-state index in [0.29, 0.717) is 28.5 Å². The lowest BCUT2D eigenvalue weighted by Crippen LogP contribution is -2.10. The number of benzene rings is 2. The maximum absolute atomic E-state index is 8.90. The molecule has 7 nitrogen and oxygen atoms in total. The first-order valence-corrected chi connectivity index (χ1v) is 7.62. The van der Waals surface area contributed by atoms with Crippen molar-refractivity contribution < 1.29 is 0 Å². The van der Waals surface area contributed by atoms with Crippen molar-refractivity contribution in [3.63, 3.8) is 0 Å². The summed E-state index contributed by atoms with van der Waals surface area (Å²) in [5, 5.41) is 24.7. The Kier molecular flexibility index (Phi) is 4.83. The molecule has 0 atom stereocenters. The number of nitrogens with one attached hydrogen (secondary N) is 1. The molecule has 0 aliphatic carbocycles. The summed E-state index contributed by atoms with van der Waals surface area (Å²) in [7, 11) is 0. The van der Waals surface area contributed by atoms with Crippen LogP contribution >= 0.6 is 0 Å². The molecule has 0 saturated carbocycles. The molecule has 0 bridgehead atoms. The van der Waals surface area contributed by atoms with E-state index in [1.165, 1.54) is 0 Å². The molecule has 0 spiro atoms. The van der Waals surface area contributed by atoms with Crippen molar-refractivity contribution >= 4 is 17.3 Å². The zero-order valence-electron chi connectivity index (χ0n) is 13.6. The summed E-state index contributed by atoms with van der Waals surface area (Å²) < 4.78 is 0. The van der Waals surface area contributed by atoms with Crippen LogP contribution in [0.15, 0.2) is 65.9 Å². The monoisotopic (exact) mass is 339 g/mol. The zero-order chi connectivity index (χ0) is 18.4. The number of aromatic nitrogens is 2. The summed E-state index contributed by atoms with van der Waals surface area (Å²) in [6.45, 7) is 0. The van der Waals surface area contributed by atoms with E-state index in [4.69, 9.17) is 16.4 Å². The van der Waals surface area contributed by atoms with Gasteiger partial charge in [-0.15, -0.1) is 0 Å². The molecule has 3 N–H and O–H groups in total. The van der Waals surface area contributed by atoms with Crippen LogP contribution in [0.3, 0.4) is 0 Å². The normalized spacial score (nSPS) is 10.6. The molecule has 26 heavy (non-hydrogen) atoms. The summed E-state index contributed by atoms with van der Waals surface area (Å²) in [5.41, 5.74) is 3.66. The van der Waals surface area contributed by atoms with E-state index >= 15 is 0 Å². The molecule has 124 valence electrons. The van der Waals surface area contributed by atoms with E-state index in [2.05, 4.69) is 32.5 Å². The fourth-order valence-electron chi connectivity index (χ4n) is 2.30. The van der Waals surface area contributed by atoms with Gasteiger partial charge in [-0.3, -0.25) is 0 Å². The molecular weight excluding hydrogens is 326 g/mol. The van der Waals surface area contributed by atoms with Crippen LogP contribution in [0, 0.1) is 22.7 Å². The molecule has 0 aliphatic rings. The number of hydrogen-bond acceptors (Lipinski definition) is 7. The topological polar surface area (TPSA) is 124 Å². The average Bonchev–Trinajstić information content (AvgIpc) is 2.70. The van der Waals surface area contributed by atoms with Gasteiger partial charge in [0.1, 0.15) is 5.71 Å². The second-order valence-electron chi connectivity index (χ2n) is 5.25. The summed E-state index contributed by atoms with van der Waals surface area (Å²) in [4.78, 5) is 8.63. The van der Waals surface area contributed by atoms with Gasteiger partial charge in [0.15, 0.2) is 0 Å². The SMILES string of the molecule is N#Cc1ccc(Nc2nccc(/C(=N\N)c3ccc(C#N)cc3)n2)cc1. The first-order chi connectivity index (χ1) is 12.7. The van der Waals surface area contributed by atoms with Crippen molar-refractivity contribution in [3.8, 4) is 12.1 Å². The minimum absolute atomic E-state index is 0.377. The molecule has 3 rings (SSSR count). The number of hydrazone groups is 1. The molecule has 0 fully saturated rings. The molecule has 0 unspecified atom stereocenters. The van der Waals surface area contributed by atoms with Gasteiger partial charge >= 0.3 is 0 Å². The Morgan fingerprint density at radius 2 is 1.54 bits per heavy atom. The molecule has 1 aromatic heterocycles. The average molecular weight is 339 g/mol. The Morgan fingerprint density at radius 1 is 0.923 bits per heavy atom. The number of nitriles is 2. The maximum atomic E-state index is 8.90. The smallest absolute Gasteiger partial charge is 0.227 e. The number of nitrogens with two attached hydrogens (primary N) is 1. The molecule has 3 aromatic rings. The van der Waals surface area contributed by atoms with E-state index in [1.54, 1.807) is 60.8 Å². The predicted octanol–water partition coefficient (Wildman–Crippen LogP) is 2.67. The highest BCUT2D eigenvalue weighted by molar-refractivity contribution is 6.11. The van der Waals surface area contributed by atoms with Crippen LogP contribution in [0.2, 0.25) is 0 Å². The standard InChI is InChI=1S/C19H13N7/c20-11-13-1-5-15(6-2-13)18(26-22)17-9-10-23-19(25-17)24-16-7-3-14(12-21)4-8-16/h1-10H,22H2,(H,23,24,25)/b26-18-. The van der Waals surface area contributed by atoms with Crippen molar-refractivity contribution in [1.82, 2.24) is 9.97 Å². The Bertz CT molecular complexity index is 1020. The molecule has 0 saturated heterocycles. The Labute approximate surface area is 150 Å². The quantitative estimate of drug-likeness (QED) is 0.428. The third-order valence-electron chi connectivity index (χ3n) is 3.58. The summed E-state index contributed by atoms with van der Waals surface area (Å²) >= 11 is 0. The van der Waals surface area contributed by atoms with Crippen molar-refractivity contribution in [1.29, 1.82) is 10.5 Å². The first kappa shape index (κ1) is 16.6. The van der Waals surface area contributed by atoms with Crippen LogP contribution in [0.25, 0.3) is 0 Å². The highest BCUT2D eigenvalue weighted by Crippen LogP contribution is 2.15. The van der Waals surface area contributed by atoms with Gasteiger partial charge in [0.05, 0.1) is 29.0 Å². The van der Waals surface area contributed by atoms with Gasteiger partial charge in [-0.2, -0.15) is 15.6 Å². The van der Waals surface area contributed by atoms with Crippen molar-refractivity contribution in [3.05, 3.63) is 83.2 Å². The van der Waals surface area contributed by atoms with Gasteiger partial charge in [-0.05, 0) is 42.5 Å². The van der Waals surface area contributed by atoms with E-state index in [9.17, 15) is 0 Å². The van der Waals surface area contributed by atoms with Crippen LogP contribution in [-0.4, -0.2) is 15.7 Å². The summed E-state index contributed by atoms with van der Waals surface area (Å²) in [6, 6.07) is 19.7. The lowest BCUT2D eigenvalue weighted by molar-refractivity contribution is 1.14.